The smallest absolute Gasteiger partial charge is 0.291 e. The van der Waals surface area contributed by atoms with Gasteiger partial charge in [0.1, 0.15) is 11.5 Å². The van der Waals surface area contributed by atoms with E-state index >= 15 is 0 Å². The molecule has 5 saturated carbocycles. The number of carbonyl (C=O) groups excluding carboxylic acids is 2. The highest BCUT2D eigenvalue weighted by Gasteiger charge is 2.51. The maximum Gasteiger partial charge on any atom is 0.291 e. The van der Waals surface area contributed by atoms with E-state index in [0.29, 0.717) is 55.3 Å². The minimum absolute atomic E-state index is 0.0471. The molecule has 3 bridgehead atoms. The third-order valence-corrected chi connectivity index (χ3v) is 12.2. The topological polar surface area (TPSA) is 114 Å². The first-order valence-corrected chi connectivity index (χ1v) is 17.0. The highest BCUT2D eigenvalue weighted by atomic mass is 35.5. The van der Waals surface area contributed by atoms with Crippen molar-refractivity contribution in [2.24, 2.45) is 23.7 Å². The molecule has 5 aliphatic carbocycles. The first-order valence-electron chi connectivity index (χ1n) is 15.3. The molecule has 5 aliphatic rings. The maximum absolute atomic E-state index is 13.8. The van der Waals surface area contributed by atoms with Crippen LogP contribution in [-0.2, 0) is 0 Å². The second-order valence-electron chi connectivity index (χ2n) is 13.2. The summed E-state index contributed by atoms with van der Waals surface area (Å²) in [5.41, 5.74) is -0.172. The molecule has 226 valence electrons. The van der Waals surface area contributed by atoms with E-state index in [1.807, 2.05) is 0 Å². The van der Waals surface area contributed by atoms with Gasteiger partial charge >= 0.3 is 0 Å². The summed E-state index contributed by atoms with van der Waals surface area (Å²) >= 11 is 13.9. The summed E-state index contributed by atoms with van der Waals surface area (Å²) < 4.78 is 11.9. The number of hydrogen-bond acceptors (Lipinski definition) is 7. The van der Waals surface area contributed by atoms with E-state index in [2.05, 4.69) is 15.8 Å². The van der Waals surface area contributed by atoms with Gasteiger partial charge in [-0.1, -0.05) is 36.0 Å². The van der Waals surface area contributed by atoms with E-state index < -0.39 is 5.54 Å². The molecule has 7 rings (SSSR count). The second kappa shape index (κ2) is 11.5. The van der Waals surface area contributed by atoms with Gasteiger partial charge in [0.05, 0.1) is 22.2 Å². The minimum atomic E-state index is -0.531. The Hall–Kier alpha value is -1.94. The molecule has 0 aliphatic heterocycles. The lowest BCUT2D eigenvalue weighted by Gasteiger charge is -2.31. The zero-order valence-electron chi connectivity index (χ0n) is 23.5. The van der Waals surface area contributed by atoms with Crippen LogP contribution in [-0.4, -0.2) is 51.6 Å². The number of aromatic nitrogens is 1. The average Bonchev–Trinajstić information content (AvgIpc) is 3.25. The van der Waals surface area contributed by atoms with Crippen molar-refractivity contribution in [2.75, 3.05) is 6.61 Å². The van der Waals surface area contributed by atoms with Crippen molar-refractivity contribution in [2.45, 2.75) is 98.5 Å². The summed E-state index contributed by atoms with van der Waals surface area (Å²) in [5.74, 6) is 1.86. The Labute approximate surface area is 260 Å². The molecule has 2 aromatic rings. The predicted molar refractivity (Wildman–Crippen MR) is 160 cm³/mol. The fraction of sp³-hybridized carbons (Fsp3) is 0.645. The summed E-state index contributed by atoms with van der Waals surface area (Å²) in [6.07, 6.45) is 10.7. The van der Waals surface area contributed by atoms with Crippen molar-refractivity contribution in [1.82, 2.24) is 15.8 Å². The van der Waals surface area contributed by atoms with Gasteiger partial charge in [-0.2, -0.15) is 0 Å². The van der Waals surface area contributed by atoms with Gasteiger partial charge < -0.3 is 25.0 Å². The Balaban J connectivity index is 1.06. The number of nitrogens with zero attached hydrogens (tertiary/aromatic N) is 1. The highest BCUT2D eigenvalue weighted by Crippen LogP contribution is 2.53. The zero-order valence-corrected chi connectivity index (χ0v) is 25.8. The third-order valence-electron chi connectivity index (χ3n) is 10.2. The van der Waals surface area contributed by atoms with Crippen LogP contribution in [0.4, 0.5) is 0 Å². The van der Waals surface area contributed by atoms with Crippen LogP contribution in [0.2, 0.25) is 10.0 Å². The lowest BCUT2D eigenvalue weighted by atomic mass is 9.79. The van der Waals surface area contributed by atoms with E-state index in [0.717, 1.165) is 57.8 Å². The van der Waals surface area contributed by atoms with Crippen LogP contribution < -0.4 is 15.4 Å². The molecule has 11 heteroatoms. The molecule has 3 N–H and O–H groups in total. The monoisotopic (exact) mass is 633 g/mol. The van der Waals surface area contributed by atoms with Crippen molar-refractivity contribution in [1.29, 1.82) is 0 Å². The van der Waals surface area contributed by atoms with Crippen LogP contribution in [0.25, 0.3) is 0 Å². The summed E-state index contributed by atoms with van der Waals surface area (Å²) in [6, 6.07) is 4.85. The summed E-state index contributed by atoms with van der Waals surface area (Å²) in [7, 11) is 0. The summed E-state index contributed by atoms with van der Waals surface area (Å²) in [6.45, 7) is 0.212. The van der Waals surface area contributed by atoms with Gasteiger partial charge in [-0.3, -0.25) is 9.59 Å². The second-order valence-corrected chi connectivity index (χ2v) is 15.4. The van der Waals surface area contributed by atoms with E-state index in [1.165, 1.54) is 12.8 Å². The van der Waals surface area contributed by atoms with Gasteiger partial charge in [0.15, 0.2) is 0 Å². The van der Waals surface area contributed by atoms with Gasteiger partial charge in [-0.25, -0.2) is 0 Å². The fourth-order valence-electron chi connectivity index (χ4n) is 8.01. The largest absolute Gasteiger partial charge is 0.472 e. The first-order chi connectivity index (χ1) is 20.3. The van der Waals surface area contributed by atoms with E-state index in [1.54, 1.807) is 30.0 Å². The molecule has 2 amide bonds. The number of thioether (sulfide) groups is 1. The van der Waals surface area contributed by atoms with Crippen molar-refractivity contribution in [3.8, 4) is 5.88 Å². The van der Waals surface area contributed by atoms with Crippen LogP contribution >= 0.6 is 35.0 Å². The number of halogens is 2. The Kier molecular flexibility index (Phi) is 7.91. The lowest BCUT2D eigenvalue weighted by molar-refractivity contribution is 0.0787. The maximum atomic E-state index is 13.8. The number of nitrogens with one attached hydrogen (secondary N) is 2. The number of carbonyl (C=O) groups is 2. The van der Waals surface area contributed by atoms with Crippen molar-refractivity contribution < 1.29 is 24.0 Å². The Morgan fingerprint density at radius 3 is 2.62 bits per heavy atom. The lowest BCUT2D eigenvalue weighted by Crippen LogP contribution is -2.43. The quantitative estimate of drug-likeness (QED) is 0.298. The van der Waals surface area contributed by atoms with Gasteiger partial charge in [0.25, 0.3) is 17.7 Å². The van der Waals surface area contributed by atoms with Crippen molar-refractivity contribution in [3.05, 3.63) is 39.6 Å². The number of rotatable bonds is 9. The van der Waals surface area contributed by atoms with Crippen LogP contribution in [0.5, 0.6) is 5.88 Å². The molecule has 6 atom stereocenters. The number of aliphatic hydroxyl groups is 1. The average molecular weight is 635 g/mol. The molecule has 0 spiro atoms. The molecule has 8 nitrogen and oxygen atoms in total. The van der Waals surface area contributed by atoms with Gasteiger partial charge in [0, 0.05) is 16.3 Å². The van der Waals surface area contributed by atoms with Crippen LogP contribution in [0.3, 0.4) is 0 Å². The van der Waals surface area contributed by atoms with Crippen LogP contribution in [0.1, 0.15) is 91.5 Å². The highest BCUT2D eigenvalue weighted by molar-refractivity contribution is 8.00. The summed E-state index contributed by atoms with van der Waals surface area (Å²) in [5, 5.41) is 22.3. The van der Waals surface area contributed by atoms with Gasteiger partial charge in [0.2, 0.25) is 5.76 Å². The molecular weight excluding hydrogens is 597 g/mol. The molecule has 1 heterocycles. The van der Waals surface area contributed by atoms with E-state index in [9.17, 15) is 14.7 Å². The normalized spacial score (nSPS) is 31.1. The third kappa shape index (κ3) is 5.78. The Morgan fingerprint density at radius 2 is 1.86 bits per heavy atom. The van der Waals surface area contributed by atoms with Gasteiger partial charge in [-0.05, 0) is 105 Å². The molecule has 1 aromatic carbocycles. The molecule has 0 saturated heterocycles. The first kappa shape index (κ1) is 28.8. The SMILES string of the molecule is O=C(NC1(COc2noc(C(=O)N[C@@H]3C4CC5CC(O)CC3C(C5)C4)c2SC2CCCC2)CC1)c1ccc(Cl)cc1Cl. The molecule has 42 heavy (non-hydrogen) atoms. The fourth-order valence-corrected chi connectivity index (χ4v) is 9.84. The van der Waals surface area contributed by atoms with E-state index in [4.69, 9.17) is 32.5 Å². The molecular formula is C31H37Cl2N3O5S. The van der Waals surface area contributed by atoms with E-state index in [-0.39, 0.29) is 36.3 Å². The number of aliphatic hydroxyl groups excluding tert-OH is 1. The summed E-state index contributed by atoms with van der Waals surface area (Å²) in [4.78, 5) is 27.4. The Bertz CT molecular complexity index is 1360. The van der Waals surface area contributed by atoms with Gasteiger partial charge in [-0.15, -0.1) is 11.8 Å². The minimum Gasteiger partial charge on any atom is -0.472 e. The number of ether oxygens (including phenoxy) is 1. The molecule has 0 radical (unpaired) electrons. The molecule has 1 aromatic heterocycles. The number of benzene rings is 1. The van der Waals surface area contributed by atoms with Crippen LogP contribution in [0.15, 0.2) is 27.6 Å². The van der Waals surface area contributed by atoms with Crippen LogP contribution in [0, 0.1) is 23.7 Å². The van der Waals surface area contributed by atoms with Crippen molar-refractivity contribution >= 4 is 46.8 Å². The van der Waals surface area contributed by atoms with Crippen molar-refractivity contribution in [3.63, 3.8) is 0 Å². The Morgan fingerprint density at radius 1 is 1.07 bits per heavy atom. The number of hydrogen-bond donors (Lipinski definition) is 3. The standard InChI is InChI=1S/C31H37Cl2N3O5S/c32-19-5-6-22(24(33)13-19)28(38)35-31(7-8-31)15-40-30-27(42-21-3-1-2-4-21)26(41-36-30)29(39)34-25-18-10-16-9-17(12-18)23(25)14-20(37)11-16/h5-6,13,16-18,20-21,23,25,37H,1-4,7-12,14-15H2,(H,34,39)(H,35,38)/t16?,17?,18?,20?,23?,25-/m1/s1. The number of fused-ring (bicyclic) bond motifs is 2. The number of amides is 2. The predicted octanol–water partition coefficient (Wildman–Crippen LogP) is 6.27. The molecule has 5 fully saturated rings. The zero-order chi connectivity index (χ0) is 29.0. The molecule has 5 unspecified atom stereocenters.